The first kappa shape index (κ1) is 29.9. The van der Waals surface area contributed by atoms with E-state index in [1.807, 2.05) is 55.3 Å². The van der Waals surface area contributed by atoms with E-state index in [0.29, 0.717) is 40.3 Å². The number of unbranched alkanes of at least 4 members (excludes halogenated alkanes) is 1. The van der Waals surface area contributed by atoms with Gasteiger partial charge in [-0.05, 0) is 47.7 Å². The summed E-state index contributed by atoms with van der Waals surface area (Å²) in [5, 5.41) is 0. The lowest BCUT2D eigenvalue weighted by atomic mass is 9.95. The highest BCUT2D eigenvalue weighted by Crippen LogP contribution is 2.27. The Hall–Kier alpha value is -4.63. The first-order valence-electron chi connectivity index (χ1n) is 12.9. The van der Waals surface area contributed by atoms with E-state index in [1.54, 1.807) is 25.2 Å². The second-order valence-corrected chi connectivity index (χ2v) is 8.88. The third-order valence-corrected chi connectivity index (χ3v) is 6.41. The molecular formula is C31H34FN5O3. The number of hydroxylamine groups is 1. The topological polar surface area (TPSA) is 112 Å². The van der Waals surface area contributed by atoms with Gasteiger partial charge in [0.05, 0.1) is 18.5 Å². The van der Waals surface area contributed by atoms with E-state index in [2.05, 4.69) is 22.4 Å². The van der Waals surface area contributed by atoms with Gasteiger partial charge in [-0.15, -0.1) is 0 Å². The largest absolute Gasteiger partial charge is 0.369 e. The summed E-state index contributed by atoms with van der Waals surface area (Å²) in [6.07, 6.45) is 2.49. The molecule has 9 heteroatoms. The van der Waals surface area contributed by atoms with Gasteiger partial charge >= 0.3 is 0 Å². The van der Waals surface area contributed by atoms with Crippen LogP contribution in [0.3, 0.4) is 0 Å². The lowest BCUT2D eigenvalue weighted by Crippen LogP contribution is -2.28. The Labute approximate surface area is 233 Å². The van der Waals surface area contributed by atoms with E-state index in [9.17, 15) is 4.79 Å². The van der Waals surface area contributed by atoms with Crippen molar-refractivity contribution in [2.24, 2.45) is 4.99 Å². The third kappa shape index (κ3) is 6.68. The number of rotatable bonds is 9. The highest BCUT2D eigenvalue weighted by atomic mass is 19.1. The number of aryl methyl sites for hydroxylation is 1. The molecule has 8 nitrogen and oxygen atoms in total. The van der Waals surface area contributed by atoms with Crippen LogP contribution in [0.1, 0.15) is 42.1 Å². The zero-order chi connectivity index (χ0) is 29.1. The molecule has 0 spiro atoms. The minimum Gasteiger partial charge on any atom is -0.369 e. The summed E-state index contributed by atoms with van der Waals surface area (Å²) in [4.78, 5) is 35.6. The van der Waals surface area contributed by atoms with Crippen molar-refractivity contribution in [3.8, 4) is 16.8 Å². The fourth-order valence-corrected chi connectivity index (χ4v) is 4.48. The molecule has 0 radical (unpaired) electrons. The van der Waals surface area contributed by atoms with Crippen molar-refractivity contribution in [3.63, 3.8) is 0 Å². The Morgan fingerprint density at radius 1 is 1.10 bits per heavy atom. The standard InChI is InChI=1S/C30H32FN5O2.CH2O/c1-4-5-15-27-25(29(37)36(30(32)34-27)22-11-7-6-8-12-22)18-21-17-16-20(19-26(21)31)23-13-9-10-14-24(23)28(33-2)35-38-3;1-2/h6-14,16-17,19H,4-5,15,18H2,1-3H3,(H2,32,34)(H,33,35);1H2. The summed E-state index contributed by atoms with van der Waals surface area (Å²) in [6, 6.07) is 21.8. The van der Waals surface area contributed by atoms with Gasteiger partial charge in [0.1, 0.15) is 12.6 Å². The van der Waals surface area contributed by atoms with E-state index in [0.717, 1.165) is 24.0 Å². The molecule has 40 heavy (non-hydrogen) atoms. The molecule has 0 unspecified atom stereocenters. The molecule has 0 amide bonds. The highest BCUT2D eigenvalue weighted by molar-refractivity contribution is 6.03. The summed E-state index contributed by atoms with van der Waals surface area (Å²) in [5.74, 6) is 0.250. The van der Waals surface area contributed by atoms with Gasteiger partial charge in [-0.1, -0.05) is 67.9 Å². The van der Waals surface area contributed by atoms with Gasteiger partial charge in [-0.3, -0.25) is 14.6 Å². The molecule has 0 aliphatic rings. The summed E-state index contributed by atoms with van der Waals surface area (Å²) >= 11 is 0. The molecule has 3 aromatic carbocycles. The van der Waals surface area contributed by atoms with Gasteiger partial charge in [-0.2, -0.15) is 0 Å². The number of anilines is 1. The molecule has 1 heterocycles. The number of nitrogen functional groups attached to an aromatic ring is 1. The second kappa shape index (κ2) is 14.5. The number of carbonyl (C=O) groups excluding carboxylic acids is 1. The van der Waals surface area contributed by atoms with Crippen molar-refractivity contribution in [1.29, 1.82) is 0 Å². The van der Waals surface area contributed by atoms with E-state index < -0.39 is 5.82 Å². The molecule has 0 atom stereocenters. The number of para-hydroxylation sites is 1. The maximum Gasteiger partial charge on any atom is 0.263 e. The number of aromatic nitrogens is 2. The van der Waals surface area contributed by atoms with Crippen LogP contribution >= 0.6 is 0 Å². The Morgan fingerprint density at radius 3 is 2.45 bits per heavy atom. The molecule has 0 saturated heterocycles. The van der Waals surface area contributed by atoms with Crippen molar-refractivity contribution in [2.45, 2.75) is 32.6 Å². The number of hydrogen-bond acceptors (Lipinski definition) is 6. The molecule has 4 aromatic rings. The zero-order valence-electron chi connectivity index (χ0n) is 23.0. The predicted octanol–water partition coefficient (Wildman–Crippen LogP) is 4.90. The maximum absolute atomic E-state index is 15.6. The van der Waals surface area contributed by atoms with E-state index in [-0.39, 0.29) is 17.9 Å². The average molecular weight is 544 g/mol. The van der Waals surface area contributed by atoms with Crippen LogP contribution in [0, 0.1) is 5.82 Å². The van der Waals surface area contributed by atoms with Crippen LogP contribution in [0.25, 0.3) is 16.8 Å². The van der Waals surface area contributed by atoms with Crippen molar-refractivity contribution < 1.29 is 14.0 Å². The van der Waals surface area contributed by atoms with E-state index in [1.165, 1.54) is 17.7 Å². The van der Waals surface area contributed by atoms with Gasteiger partial charge in [0, 0.05) is 24.6 Å². The quantitative estimate of drug-likeness (QED) is 0.177. The van der Waals surface area contributed by atoms with Gasteiger partial charge in [-0.25, -0.2) is 19.4 Å². The van der Waals surface area contributed by atoms with Crippen LogP contribution < -0.4 is 16.8 Å². The first-order chi connectivity index (χ1) is 19.5. The van der Waals surface area contributed by atoms with Crippen LogP contribution in [-0.2, 0) is 22.5 Å². The number of nitrogens with one attached hydrogen (secondary N) is 1. The molecule has 0 aliphatic carbocycles. The number of carbonyl (C=O) groups is 1. The number of nitrogens with two attached hydrogens (primary N) is 1. The predicted molar refractivity (Wildman–Crippen MR) is 157 cm³/mol. The van der Waals surface area contributed by atoms with E-state index in [4.69, 9.17) is 15.4 Å². The number of aliphatic imine (C=N–C) groups is 1. The van der Waals surface area contributed by atoms with Crippen LogP contribution in [0.5, 0.6) is 0 Å². The zero-order valence-corrected chi connectivity index (χ0v) is 23.0. The summed E-state index contributed by atoms with van der Waals surface area (Å²) in [6.45, 7) is 4.07. The molecule has 3 N–H and O–H groups in total. The molecular weight excluding hydrogens is 509 g/mol. The molecule has 0 fully saturated rings. The number of halogens is 1. The molecule has 0 aliphatic heterocycles. The van der Waals surface area contributed by atoms with Crippen LogP contribution in [-0.4, -0.2) is 36.3 Å². The van der Waals surface area contributed by atoms with Gasteiger partial charge < -0.3 is 10.5 Å². The Kier molecular flexibility index (Phi) is 10.8. The van der Waals surface area contributed by atoms with Crippen LogP contribution in [0.4, 0.5) is 10.3 Å². The summed E-state index contributed by atoms with van der Waals surface area (Å²) in [7, 11) is 3.16. The van der Waals surface area contributed by atoms with Gasteiger partial charge in [0.25, 0.3) is 5.56 Å². The van der Waals surface area contributed by atoms with Crippen molar-refractivity contribution in [3.05, 3.63) is 111 Å². The Morgan fingerprint density at radius 2 is 1.80 bits per heavy atom. The van der Waals surface area contributed by atoms with Gasteiger partial charge in [0.15, 0.2) is 5.84 Å². The second-order valence-electron chi connectivity index (χ2n) is 8.88. The maximum atomic E-state index is 15.6. The average Bonchev–Trinajstić information content (AvgIpc) is 2.98. The number of amidine groups is 1. The van der Waals surface area contributed by atoms with Gasteiger partial charge in [0.2, 0.25) is 5.95 Å². The number of nitrogens with zero attached hydrogens (tertiary/aromatic N) is 3. The minimum absolute atomic E-state index is 0.110. The van der Waals surface area contributed by atoms with Crippen LogP contribution in [0.2, 0.25) is 0 Å². The summed E-state index contributed by atoms with van der Waals surface area (Å²) < 4.78 is 17.0. The smallest absolute Gasteiger partial charge is 0.263 e. The van der Waals surface area contributed by atoms with Crippen molar-refractivity contribution in [2.75, 3.05) is 19.9 Å². The first-order valence-corrected chi connectivity index (χ1v) is 12.9. The fourth-order valence-electron chi connectivity index (χ4n) is 4.48. The molecule has 4 rings (SSSR count). The third-order valence-electron chi connectivity index (χ3n) is 6.41. The van der Waals surface area contributed by atoms with Crippen LogP contribution in [0.15, 0.2) is 82.6 Å². The SMILES string of the molecule is C=O.CCCCc1nc(N)n(-c2ccccc2)c(=O)c1Cc1ccc(-c2ccccc2C(=NC)NOC)cc1F. The Balaban J connectivity index is 0.00000216. The summed E-state index contributed by atoms with van der Waals surface area (Å²) in [5.41, 5.74) is 13.1. The monoisotopic (exact) mass is 543 g/mol. The Bertz CT molecular complexity index is 1520. The molecule has 1 aromatic heterocycles. The molecule has 0 bridgehead atoms. The minimum atomic E-state index is -0.407. The lowest BCUT2D eigenvalue weighted by molar-refractivity contribution is -0.0980. The fraction of sp³-hybridized carbons (Fsp3) is 0.226. The van der Waals surface area contributed by atoms with Crippen molar-refractivity contribution in [1.82, 2.24) is 15.0 Å². The highest BCUT2D eigenvalue weighted by Gasteiger charge is 2.19. The van der Waals surface area contributed by atoms with E-state index >= 15 is 4.39 Å². The number of benzene rings is 3. The molecule has 0 saturated carbocycles. The lowest BCUT2D eigenvalue weighted by Gasteiger charge is -2.16. The van der Waals surface area contributed by atoms with Crippen molar-refractivity contribution >= 4 is 18.6 Å². The number of hydrogen-bond donors (Lipinski definition) is 2. The molecule has 208 valence electrons. The normalized spacial score (nSPS) is 11.1.